The molecule has 0 aromatic carbocycles. The molecule has 0 N–H and O–H groups in total. The van der Waals surface area contributed by atoms with Gasteiger partial charge in [-0.3, -0.25) is 0 Å². The van der Waals surface area contributed by atoms with E-state index in [1.165, 1.54) is 0 Å². The fraction of sp³-hybridized carbons (Fsp3) is 1.00. The van der Waals surface area contributed by atoms with Gasteiger partial charge < -0.3 is 0 Å². The van der Waals surface area contributed by atoms with Crippen molar-refractivity contribution in [2.45, 2.75) is 25.1 Å². The van der Waals surface area contributed by atoms with Crippen LogP contribution >= 0.6 is 0 Å². The molecule has 0 bridgehead atoms. The Kier molecular flexibility index (Phi) is 4.10. The van der Waals surface area contributed by atoms with Gasteiger partial charge in [0.05, 0.1) is 0 Å². The van der Waals surface area contributed by atoms with E-state index in [-0.39, 0.29) is 4.31 Å². The average molecular weight is 191 g/mol. The van der Waals surface area contributed by atoms with Crippen LogP contribution in [0.15, 0.2) is 0 Å². The summed E-state index contributed by atoms with van der Waals surface area (Å²) < 4.78 is 9.60. The van der Waals surface area contributed by atoms with E-state index in [2.05, 4.69) is 20.8 Å². The third-order valence-electron chi connectivity index (χ3n) is 0.862. The van der Waals surface area contributed by atoms with Gasteiger partial charge in [-0.15, -0.1) is 0 Å². The fourth-order valence-electron chi connectivity index (χ4n) is 0. The van der Waals surface area contributed by atoms with Crippen molar-refractivity contribution < 1.29 is 3.83 Å². The van der Waals surface area contributed by atoms with Crippen molar-refractivity contribution in [3.8, 4) is 0 Å². The minimum absolute atomic E-state index is 0.153. The van der Waals surface area contributed by atoms with E-state index < -0.39 is 4.48 Å². The first kappa shape index (κ1) is 8.96. The van der Waals surface area contributed by atoms with Crippen LogP contribution in [-0.2, 0) is 3.83 Å². The molecule has 0 aromatic heterocycles. The number of hydrogen-bond donors (Lipinski definition) is 0. The average Bonchev–Trinajstić information content (AvgIpc) is 1.31. The van der Waals surface area contributed by atoms with Gasteiger partial charge in [-0.2, -0.15) is 0 Å². The summed E-state index contributed by atoms with van der Waals surface area (Å²) in [5, 5.41) is 0. The van der Waals surface area contributed by atoms with Crippen molar-refractivity contribution in [2.75, 3.05) is 0 Å². The zero-order chi connectivity index (χ0) is 6.08. The Morgan fingerprint density at radius 2 is 1.57 bits per heavy atom. The van der Waals surface area contributed by atoms with Crippen LogP contribution in [0.4, 0.5) is 0 Å². The van der Waals surface area contributed by atoms with Crippen LogP contribution in [0, 0.1) is 0 Å². The van der Waals surface area contributed by atoms with Gasteiger partial charge in [-0.05, 0) is 0 Å². The Hall–Kier alpha value is 1.96. The second-order valence-electron chi connectivity index (χ2n) is 2.57. The maximum absolute atomic E-state index is 10.8. The molecule has 0 saturated heterocycles. The molecule has 0 fully saturated rings. The molecule has 0 radical (unpaired) electrons. The summed E-state index contributed by atoms with van der Waals surface area (Å²) in [5.74, 6) is 0. The molecule has 0 saturated carbocycles. The second kappa shape index (κ2) is 3.21. The van der Waals surface area contributed by atoms with Crippen LogP contribution in [0.3, 0.4) is 0 Å². The Balaban J connectivity index is 3.79. The van der Waals surface area contributed by atoms with Gasteiger partial charge in [-0.25, -0.2) is 0 Å². The topological polar surface area (TPSA) is 17.1 Å². The molecule has 0 heterocycles. The Morgan fingerprint density at radius 1 is 1.43 bits per heavy atom. The van der Waals surface area contributed by atoms with Crippen LogP contribution < -0.4 is 0 Å². The van der Waals surface area contributed by atoms with Gasteiger partial charge >= 0.3 is 78.8 Å². The summed E-state index contributed by atoms with van der Waals surface area (Å²) in [5.41, 5.74) is 0. The van der Waals surface area contributed by atoms with Crippen molar-refractivity contribution in [3.63, 3.8) is 0 Å². The zero-order valence-corrected chi connectivity index (χ0v) is 10.2. The Bertz CT molecular complexity index is 84.2. The van der Waals surface area contributed by atoms with E-state index in [4.69, 9.17) is 0 Å². The summed E-state index contributed by atoms with van der Waals surface area (Å²) in [4.78, 5) is 0. The van der Waals surface area contributed by atoms with E-state index in [0.29, 0.717) is 45.4 Å². The summed E-state index contributed by atoms with van der Waals surface area (Å²) in [7, 11) is 0. The molecule has 1 unspecified atom stereocenters. The van der Waals surface area contributed by atoms with E-state index in [9.17, 15) is 3.83 Å². The molecule has 0 aliphatic carbocycles. The van der Waals surface area contributed by atoms with Crippen LogP contribution in [-0.4, -0.2) is 49.9 Å². The first-order valence-corrected chi connectivity index (χ1v) is 12.2. The Morgan fingerprint density at radius 3 is 1.57 bits per heavy atom. The predicted molar refractivity (Wildman–Crippen MR) is 31.9 cm³/mol. The summed E-state index contributed by atoms with van der Waals surface area (Å²) >= 11 is 0.575. The predicted octanol–water partition coefficient (Wildman–Crippen LogP) is 0.874. The molecule has 1 nitrogen and oxygen atoms in total. The molecule has 0 aliphatic heterocycles. The normalized spacial score (nSPS) is 16.7. The summed E-state index contributed by atoms with van der Waals surface area (Å²) in [6, 6.07) is 0. The molecule has 3 heteroatoms. The molecular formula is C4H9KOSe. The second-order valence-corrected chi connectivity index (χ2v) is 13.1. The first-order chi connectivity index (χ1) is 2.94. The van der Waals surface area contributed by atoms with Gasteiger partial charge in [0, 0.05) is 0 Å². The molecule has 1 atom stereocenters. The SMILES string of the molecule is CC(C)(C)[Se](=O)[K]. The van der Waals surface area contributed by atoms with E-state index in [1.54, 1.807) is 0 Å². The van der Waals surface area contributed by atoms with E-state index in [0.717, 1.165) is 0 Å². The molecular weight excluding hydrogens is 182 g/mol. The van der Waals surface area contributed by atoms with Crippen LogP contribution in [0.25, 0.3) is 0 Å². The Labute approximate surface area is 77.0 Å². The van der Waals surface area contributed by atoms with Gasteiger partial charge in [0.2, 0.25) is 0 Å². The molecule has 0 spiro atoms. The fourth-order valence-corrected chi connectivity index (χ4v) is 0. The van der Waals surface area contributed by atoms with Gasteiger partial charge in [0.1, 0.15) is 0 Å². The molecule has 0 aliphatic rings. The van der Waals surface area contributed by atoms with Gasteiger partial charge in [0.25, 0.3) is 0 Å². The van der Waals surface area contributed by atoms with E-state index in [1.807, 2.05) is 0 Å². The summed E-state index contributed by atoms with van der Waals surface area (Å²) in [6.45, 7) is 6.15. The van der Waals surface area contributed by atoms with Crippen molar-refractivity contribution in [1.82, 2.24) is 0 Å². The van der Waals surface area contributed by atoms with Crippen LogP contribution in [0.5, 0.6) is 0 Å². The molecule has 0 aromatic rings. The standard InChI is InChI=1S/C4H9OSe.K/c1-4(2,3)6-5;/h1-3H3;/q+1;-1. The van der Waals surface area contributed by atoms with Gasteiger partial charge in [-0.1, -0.05) is 0 Å². The summed E-state index contributed by atoms with van der Waals surface area (Å²) in [6.07, 6.45) is 0. The third kappa shape index (κ3) is 4.46. The third-order valence-corrected chi connectivity index (χ3v) is 14.4. The van der Waals surface area contributed by atoms with Gasteiger partial charge in [0.15, 0.2) is 0 Å². The van der Waals surface area contributed by atoms with Crippen LogP contribution in [0.1, 0.15) is 20.8 Å². The molecule has 0 amide bonds. The number of rotatable bonds is 0. The van der Waals surface area contributed by atoms with Crippen molar-refractivity contribution in [1.29, 1.82) is 0 Å². The van der Waals surface area contributed by atoms with Crippen LogP contribution in [0.2, 0.25) is 4.31 Å². The molecule has 0 rings (SSSR count). The molecule has 7 heavy (non-hydrogen) atoms. The van der Waals surface area contributed by atoms with Crippen molar-refractivity contribution in [2.24, 2.45) is 0 Å². The monoisotopic (exact) mass is 192 g/mol. The molecule has 38 valence electrons. The quantitative estimate of drug-likeness (QED) is 0.519. The van der Waals surface area contributed by atoms with E-state index >= 15 is 0 Å². The maximum atomic E-state index is 10.8. The van der Waals surface area contributed by atoms with Crippen molar-refractivity contribution >= 4 is 49.9 Å². The van der Waals surface area contributed by atoms with Crippen molar-refractivity contribution in [3.05, 3.63) is 0 Å². The number of hydrogen-bond acceptors (Lipinski definition) is 1. The minimum atomic E-state index is -1.31. The zero-order valence-electron chi connectivity index (χ0n) is 5.32. The first-order valence-electron chi connectivity index (χ1n) is 2.28.